The van der Waals surface area contributed by atoms with Gasteiger partial charge < -0.3 is 10.2 Å². The molecule has 10 nitrogen and oxygen atoms in total. The average molecular weight is 456 g/mol. The summed E-state index contributed by atoms with van der Waals surface area (Å²) in [6.45, 7) is 0. The molecule has 0 spiro atoms. The van der Waals surface area contributed by atoms with Crippen LogP contribution in [0.5, 0.6) is 11.5 Å². The Morgan fingerprint density at radius 1 is 0.593 bits per heavy atom. The first-order valence-corrected chi connectivity index (χ1v) is 10.5. The molecule has 0 aliphatic heterocycles. The zero-order chi connectivity index (χ0) is 19.2. The van der Waals surface area contributed by atoms with Gasteiger partial charge in [-0.25, -0.2) is 8.42 Å². The van der Waals surface area contributed by atoms with Crippen molar-refractivity contribution in [3.8, 4) is 11.5 Å². The summed E-state index contributed by atoms with van der Waals surface area (Å²) in [4.78, 5) is -3.51. The smallest absolute Gasteiger partial charge is 0.298 e. The van der Waals surface area contributed by atoms with Crippen LogP contribution < -0.4 is 0 Å². The maximum atomic E-state index is 12.5. The molecule has 0 aliphatic rings. The molecule has 0 unspecified atom stereocenters. The number of phenolic OH excluding ortho intramolecular Hbond substituents is 2. The molecule has 27 heavy (non-hydrogen) atoms. The van der Waals surface area contributed by atoms with Crippen molar-refractivity contribution in [1.29, 1.82) is 0 Å². The minimum Gasteiger partial charge on any atom is -0.506 e. The molecular formula is C12H10Na2O10S3. The first kappa shape index (κ1) is 26.8. The summed E-state index contributed by atoms with van der Waals surface area (Å²) >= 11 is 0. The Labute approximate surface area is 199 Å². The molecule has 15 heteroatoms. The SMILES string of the molecule is O=S(=O)(O)c1cc(S(=O)(=O)c2ccc(O)c(S(=O)(=O)O)c2)ccc1O.[Na].[Na]. The molecule has 0 atom stereocenters. The van der Waals surface area contributed by atoms with Crippen LogP contribution in [0.1, 0.15) is 0 Å². The monoisotopic (exact) mass is 456 g/mol. The zero-order valence-electron chi connectivity index (χ0n) is 13.9. The molecule has 0 aliphatic carbocycles. The van der Waals surface area contributed by atoms with Crippen molar-refractivity contribution in [2.75, 3.05) is 0 Å². The van der Waals surface area contributed by atoms with Crippen LogP contribution in [0.4, 0.5) is 0 Å². The third kappa shape index (κ3) is 5.90. The summed E-state index contributed by atoms with van der Waals surface area (Å²) in [7, 11) is -14.4. The Morgan fingerprint density at radius 3 is 1.15 bits per heavy atom. The Balaban J connectivity index is 0.00000338. The van der Waals surface area contributed by atoms with Crippen LogP contribution in [0.15, 0.2) is 56.0 Å². The number of aromatic hydroxyl groups is 2. The molecule has 0 bridgehead atoms. The predicted molar refractivity (Wildman–Crippen MR) is 92.8 cm³/mol. The van der Waals surface area contributed by atoms with Crippen molar-refractivity contribution in [2.24, 2.45) is 0 Å². The standard InChI is InChI=1S/C12H10O10S3.2Na/c13-9-3-1-7(5-11(9)24(17,18)19)23(15,16)8-2-4-10(14)12(6-8)25(20,21)22;;/h1-6,13-14H,(H,17,18,19)(H,20,21,22);;. The van der Waals surface area contributed by atoms with E-state index in [1.54, 1.807) is 0 Å². The fourth-order valence-corrected chi connectivity index (χ4v) is 4.55. The van der Waals surface area contributed by atoms with Gasteiger partial charge in [-0.1, -0.05) is 0 Å². The molecule has 0 saturated heterocycles. The van der Waals surface area contributed by atoms with Crippen LogP contribution in [0.2, 0.25) is 0 Å². The van der Waals surface area contributed by atoms with Gasteiger partial charge in [-0.2, -0.15) is 16.8 Å². The number of hydrogen-bond donors (Lipinski definition) is 4. The van der Waals surface area contributed by atoms with E-state index in [0.29, 0.717) is 24.3 Å². The van der Waals surface area contributed by atoms with Gasteiger partial charge in [-0.05, 0) is 36.4 Å². The maximum absolute atomic E-state index is 12.5. The molecule has 4 N–H and O–H groups in total. The summed E-state index contributed by atoms with van der Waals surface area (Å²) in [6.07, 6.45) is 0. The van der Waals surface area contributed by atoms with E-state index < -0.39 is 61.2 Å². The molecule has 0 aromatic heterocycles. The Hall–Kier alpha value is -0.190. The molecule has 2 radical (unpaired) electrons. The van der Waals surface area contributed by atoms with E-state index in [-0.39, 0.29) is 59.1 Å². The Kier molecular flexibility index (Phi) is 9.02. The van der Waals surface area contributed by atoms with Gasteiger partial charge in [-0.3, -0.25) is 9.11 Å². The van der Waals surface area contributed by atoms with Crippen LogP contribution in [-0.2, 0) is 30.1 Å². The van der Waals surface area contributed by atoms with Gasteiger partial charge in [-0.15, -0.1) is 0 Å². The molecule has 2 aromatic carbocycles. The predicted octanol–water partition coefficient (Wildman–Crippen LogP) is -0.338. The summed E-state index contributed by atoms with van der Waals surface area (Å²) in [5.41, 5.74) is 0. The Bertz CT molecular complexity index is 1080. The third-order valence-corrected chi connectivity index (χ3v) is 6.55. The molecule has 2 rings (SSSR count). The summed E-state index contributed by atoms with van der Waals surface area (Å²) in [6, 6.07) is 4.00. The molecule has 138 valence electrons. The van der Waals surface area contributed by atoms with E-state index in [1.807, 2.05) is 0 Å². The maximum Gasteiger partial charge on any atom is 0.298 e. The summed E-state index contributed by atoms with van der Waals surface area (Å²) < 4.78 is 87.6. The molecule has 2 aromatic rings. The van der Waals surface area contributed by atoms with Crippen molar-refractivity contribution in [2.45, 2.75) is 19.6 Å². The van der Waals surface area contributed by atoms with Crippen molar-refractivity contribution in [3.63, 3.8) is 0 Å². The van der Waals surface area contributed by atoms with Crippen LogP contribution in [0.25, 0.3) is 0 Å². The molecular weight excluding hydrogens is 446 g/mol. The fraction of sp³-hybridized carbons (Fsp3) is 0. The second-order valence-corrected chi connectivity index (χ2v) is 9.44. The topological polar surface area (TPSA) is 183 Å². The Morgan fingerprint density at radius 2 is 0.889 bits per heavy atom. The van der Waals surface area contributed by atoms with Crippen molar-refractivity contribution in [3.05, 3.63) is 36.4 Å². The van der Waals surface area contributed by atoms with E-state index in [1.165, 1.54) is 0 Å². The van der Waals surface area contributed by atoms with Gasteiger partial charge in [0.1, 0.15) is 21.3 Å². The quantitative estimate of drug-likeness (QED) is 0.351. The van der Waals surface area contributed by atoms with E-state index in [2.05, 4.69) is 0 Å². The minimum atomic E-state index is -4.93. The first-order chi connectivity index (χ1) is 11.2. The number of hydrogen-bond acceptors (Lipinski definition) is 8. The molecule has 0 heterocycles. The number of phenols is 2. The number of sulfone groups is 1. The second kappa shape index (κ2) is 9.09. The van der Waals surface area contributed by atoms with Crippen LogP contribution >= 0.6 is 0 Å². The van der Waals surface area contributed by atoms with Gasteiger partial charge in [0.2, 0.25) is 9.84 Å². The minimum absolute atomic E-state index is 0. The number of rotatable bonds is 4. The van der Waals surface area contributed by atoms with E-state index >= 15 is 0 Å². The zero-order valence-corrected chi connectivity index (χ0v) is 20.4. The van der Waals surface area contributed by atoms with E-state index in [0.717, 1.165) is 12.1 Å². The average Bonchev–Trinajstić information content (AvgIpc) is 2.45. The normalized spacial score (nSPS) is 11.9. The van der Waals surface area contributed by atoms with Crippen molar-refractivity contribution < 1.29 is 44.6 Å². The summed E-state index contributed by atoms with van der Waals surface area (Å²) in [5.74, 6) is -1.79. The van der Waals surface area contributed by atoms with Crippen LogP contribution in [0, 0.1) is 0 Å². The largest absolute Gasteiger partial charge is 0.506 e. The first-order valence-electron chi connectivity index (χ1n) is 6.10. The fourth-order valence-electron chi connectivity index (χ4n) is 1.87. The van der Waals surface area contributed by atoms with Crippen molar-refractivity contribution in [1.82, 2.24) is 0 Å². The van der Waals surface area contributed by atoms with Crippen LogP contribution in [-0.4, -0.2) is 104 Å². The van der Waals surface area contributed by atoms with Crippen LogP contribution in [0.3, 0.4) is 0 Å². The molecule has 0 amide bonds. The summed E-state index contributed by atoms with van der Waals surface area (Å²) in [5, 5.41) is 18.8. The second-order valence-electron chi connectivity index (χ2n) is 4.71. The van der Waals surface area contributed by atoms with Gasteiger partial charge in [0.15, 0.2) is 0 Å². The van der Waals surface area contributed by atoms with E-state index in [4.69, 9.17) is 9.11 Å². The van der Waals surface area contributed by atoms with Gasteiger partial charge in [0.05, 0.1) is 9.79 Å². The third-order valence-electron chi connectivity index (χ3n) is 3.04. The van der Waals surface area contributed by atoms with Gasteiger partial charge in [0, 0.05) is 59.1 Å². The van der Waals surface area contributed by atoms with Crippen molar-refractivity contribution >= 4 is 89.2 Å². The molecule has 0 saturated carbocycles. The van der Waals surface area contributed by atoms with E-state index in [9.17, 15) is 35.5 Å². The van der Waals surface area contributed by atoms with Gasteiger partial charge in [0.25, 0.3) is 20.2 Å². The number of benzene rings is 2. The van der Waals surface area contributed by atoms with Gasteiger partial charge >= 0.3 is 0 Å². The molecule has 0 fully saturated rings.